The summed E-state index contributed by atoms with van der Waals surface area (Å²) in [6.07, 6.45) is 9.92. The van der Waals surface area contributed by atoms with E-state index in [1.807, 2.05) is 11.0 Å². The third-order valence-corrected chi connectivity index (χ3v) is 7.43. The molecule has 0 saturated carbocycles. The van der Waals surface area contributed by atoms with Gasteiger partial charge in [-0.2, -0.15) is 5.26 Å². The number of imidazole rings is 1. The number of pyridine rings is 1. The lowest BCUT2D eigenvalue weighted by molar-refractivity contribution is -0.130. The number of rotatable bonds is 4. The van der Waals surface area contributed by atoms with E-state index in [9.17, 15) is 10.1 Å². The van der Waals surface area contributed by atoms with Crippen molar-refractivity contribution in [2.75, 3.05) is 39.4 Å². The van der Waals surface area contributed by atoms with Gasteiger partial charge in [-0.25, -0.2) is 4.98 Å². The van der Waals surface area contributed by atoms with Gasteiger partial charge in [0.15, 0.2) is 0 Å². The molecule has 0 N–H and O–H groups in total. The lowest BCUT2D eigenvalue weighted by Crippen LogP contribution is -2.54. The van der Waals surface area contributed by atoms with Crippen LogP contribution in [0.5, 0.6) is 0 Å². The second-order valence-corrected chi connectivity index (χ2v) is 9.46. The molecule has 0 bridgehead atoms. The molecule has 3 aliphatic rings. The maximum absolute atomic E-state index is 14.0. The van der Waals surface area contributed by atoms with Gasteiger partial charge in [-0.15, -0.1) is 0 Å². The Hall–Kier alpha value is -2.76. The molecule has 5 rings (SSSR count). The Labute approximate surface area is 188 Å². The largest absolute Gasteiger partial charge is 0.378 e. The van der Waals surface area contributed by atoms with E-state index in [1.54, 1.807) is 23.3 Å². The van der Waals surface area contributed by atoms with Crippen molar-refractivity contribution in [3.63, 3.8) is 0 Å². The molecular weight excluding hydrogens is 404 g/mol. The number of nitriles is 1. The van der Waals surface area contributed by atoms with Crippen molar-refractivity contribution in [1.82, 2.24) is 24.3 Å². The van der Waals surface area contributed by atoms with Crippen LogP contribution in [0.1, 0.15) is 39.0 Å². The average molecular weight is 435 g/mol. The van der Waals surface area contributed by atoms with E-state index in [2.05, 4.69) is 27.9 Å². The van der Waals surface area contributed by atoms with Crippen LogP contribution in [0, 0.1) is 16.7 Å². The highest BCUT2D eigenvalue weighted by molar-refractivity contribution is 6.03. The van der Waals surface area contributed by atoms with Crippen molar-refractivity contribution < 1.29 is 9.53 Å². The molecule has 5 heterocycles. The second-order valence-electron chi connectivity index (χ2n) is 9.46. The highest BCUT2D eigenvalue weighted by Gasteiger charge is 2.43. The van der Waals surface area contributed by atoms with E-state index in [-0.39, 0.29) is 11.3 Å². The third kappa shape index (κ3) is 3.70. The van der Waals surface area contributed by atoms with Crippen LogP contribution in [0.3, 0.4) is 0 Å². The van der Waals surface area contributed by atoms with Crippen LogP contribution in [0.25, 0.3) is 16.7 Å². The predicted molar refractivity (Wildman–Crippen MR) is 120 cm³/mol. The maximum atomic E-state index is 14.0. The van der Waals surface area contributed by atoms with Crippen LogP contribution in [0.15, 0.2) is 30.4 Å². The fourth-order valence-corrected chi connectivity index (χ4v) is 5.24. The van der Waals surface area contributed by atoms with Gasteiger partial charge in [-0.3, -0.25) is 19.2 Å². The topological polar surface area (TPSA) is 87.3 Å². The fourth-order valence-electron chi connectivity index (χ4n) is 5.24. The van der Waals surface area contributed by atoms with Crippen LogP contribution >= 0.6 is 0 Å². The first-order chi connectivity index (χ1) is 15.6. The molecule has 8 heteroatoms. The van der Waals surface area contributed by atoms with Gasteiger partial charge in [0.1, 0.15) is 23.6 Å². The molecule has 32 heavy (non-hydrogen) atoms. The van der Waals surface area contributed by atoms with Crippen molar-refractivity contribution >= 4 is 22.6 Å². The molecule has 0 aromatic carbocycles. The number of piperidine rings is 2. The summed E-state index contributed by atoms with van der Waals surface area (Å²) in [6.45, 7) is 7.10. The van der Waals surface area contributed by atoms with Gasteiger partial charge in [0.25, 0.3) is 5.91 Å². The lowest BCUT2D eigenvalue weighted by atomic mass is 9.72. The second kappa shape index (κ2) is 8.64. The minimum Gasteiger partial charge on any atom is -0.378 e. The predicted octanol–water partition coefficient (Wildman–Crippen LogP) is 2.68. The molecule has 3 fully saturated rings. The number of hydrogen-bond acceptors (Lipinski definition) is 6. The number of allylic oxidation sites excluding steroid dienone is 1. The normalized spacial score (nSPS) is 22.8. The number of carbonyl (C=O) groups excluding carboxylic acids is 1. The summed E-state index contributed by atoms with van der Waals surface area (Å²) < 4.78 is 7.16. The summed E-state index contributed by atoms with van der Waals surface area (Å²) >= 11 is 0. The van der Waals surface area contributed by atoms with Gasteiger partial charge in [0.05, 0.1) is 36.5 Å². The Morgan fingerprint density at radius 2 is 1.94 bits per heavy atom. The first kappa shape index (κ1) is 21.1. The SMILES string of the molecule is CC1(/C(C(=O)N2CCCCC2)=C(/C#N)n2cnc3cnccc32)CCN(C2COC2)CC1. The van der Waals surface area contributed by atoms with Crippen molar-refractivity contribution in [1.29, 1.82) is 5.26 Å². The summed E-state index contributed by atoms with van der Waals surface area (Å²) in [4.78, 5) is 27.0. The molecule has 0 atom stereocenters. The van der Waals surface area contributed by atoms with Gasteiger partial charge in [-0.05, 0) is 51.3 Å². The highest BCUT2D eigenvalue weighted by atomic mass is 16.5. The smallest absolute Gasteiger partial charge is 0.253 e. The summed E-state index contributed by atoms with van der Waals surface area (Å²) in [6, 6.07) is 4.74. The van der Waals surface area contributed by atoms with Gasteiger partial charge in [0, 0.05) is 24.7 Å². The Bertz CT molecular complexity index is 1070. The van der Waals surface area contributed by atoms with Crippen molar-refractivity contribution in [3.8, 4) is 6.07 Å². The van der Waals surface area contributed by atoms with Crippen LogP contribution in [-0.4, -0.2) is 75.7 Å². The highest BCUT2D eigenvalue weighted by Crippen LogP contribution is 2.43. The van der Waals surface area contributed by atoms with E-state index in [0.717, 1.165) is 82.5 Å². The minimum atomic E-state index is -0.371. The average Bonchev–Trinajstić information content (AvgIpc) is 3.22. The molecule has 0 radical (unpaired) electrons. The van der Waals surface area contributed by atoms with E-state index < -0.39 is 0 Å². The molecule has 0 spiro atoms. The van der Waals surface area contributed by atoms with E-state index in [4.69, 9.17) is 4.74 Å². The fraction of sp³-hybridized carbons (Fsp3) is 0.583. The van der Waals surface area contributed by atoms with E-state index in [1.165, 1.54) is 0 Å². The zero-order valence-electron chi connectivity index (χ0n) is 18.7. The Morgan fingerprint density at radius 3 is 2.59 bits per heavy atom. The molecular formula is C24H30N6O2. The molecule has 0 aliphatic carbocycles. The monoisotopic (exact) mass is 434 g/mol. The van der Waals surface area contributed by atoms with Gasteiger partial charge in [0.2, 0.25) is 0 Å². The van der Waals surface area contributed by atoms with Crippen LogP contribution in [-0.2, 0) is 9.53 Å². The number of ether oxygens (including phenoxy) is 1. The molecule has 1 amide bonds. The number of fused-ring (bicyclic) bond motifs is 1. The van der Waals surface area contributed by atoms with E-state index in [0.29, 0.717) is 17.3 Å². The van der Waals surface area contributed by atoms with Gasteiger partial charge >= 0.3 is 0 Å². The lowest BCUT2D eigenvalue weighted by Gasteiger charge is -2.46. The van der Waals surface area contributed by atoms with Crippen molar-refractivity contribution in [2.45, 2.75) is 45.1 Å². The number of aromatic nitrogens is 3. The molecule has 2 aromatic rings. The number of likely N-dealkylation sites (tertiary alicyclic amines) is 2. The van der Waals surface area contributed by atoms with Gasteiger partial charge < -0.3 is 9.64 Å². The molecule has 0 unspecified atom stereocenters. The van der Waals surface area contributed by atoms with Crippen LogP contribution in [0.4, 0.5) is 0 Å². The number of amides is 1. The number of carbonyl (C=O) groups is 1. The molecule has 2 aromatic heterocycles. The summed E-state index contributed by atoms with van der Waals surface area (Å²) in [5, 5.41) is 10.3. The molecule has 3 saturated heterocycles. The third-order valence-electron chi connectivity index (χ3n) is 7.43. The van der Waals surface area contributed by atoms with Crippen molar-refractivity contribution in [2.24, 2.45) is 5.41 Å². The molecule has 8 nitrogen and oxygen atoms in total. The van der Waals surface area contributed by atoms with E-state index >= 15 is 0 Å². The summed E-state index contributed by atoms with van der Waals surface area (Å²) in [5.41, 5.74) is 2.19. The summed E-state index contributed by atoms with van der Waals surface area (Å²) in [5.74, 6) is 0.0140. The van der Waals surface area contributed by atoms with Crippen LogP contribution < -0.4 is 0 Å². The summed E-state index contributed by atoms with van der Waals surface area (Å²) in [7, 11) is 0. The zero-order chi connectivity index (χ0) is 22.1. The first-order valence-corrected chi connectivity index (χ1v) is 11.6. The van der Waals surface area contributed by atoms with Gasteiger partial charge in [-0.1, -0.05) is 6.92 Å². The Kier molecular flexibility index (Phi) is 5.70. The standard InChI is InChI=1S/C24H30N6O2/c1-24(6-11-28(12-7-24)18-15-32-16-18)22(23(31)29-9-3-2-4-10-29)21(13-25)30-17-27-19-14-26-8-5-20(19)30/h5,8,14,17-18H,2-4,6-7,9-12,15-16H2,1H3/b22-21-. The Balaban J connectivity index is 1.57. The minimum absolute atomic E-state index is 0.0140. The maximum Gasteiger partial charge on any atom is 0.253 e. The zero-order valence-corrected chi connectivity index (χ0v) is 18.7. The van der Waals surface area contributed by atoms with Crippen molar-refractivity contribution in [3.05, 3.63) is 30.4 Å². The number of nitrogens with zero attached hydrogens (tertiary/aromatic N) is 6. The molecule has 168 valence electrons. The quantitative estimate of drug-likeness (QED) is 0.543. The van der Waals surface area contributed by atoms with Crippen LogP contribution in [0.2, 0.25) is 0 Å². The Morgan fingerprint density at radius 1 is 1.19 bits per heavy atom. The first-order valence-electron chi connectivity index (χ1n) is 11.6. The number of hydrogen-bond donors (Lipinski definition) is 0. The molecule has 3 aliphatic heterocycles.